The molecule has 1 fully saturated rings. The third-order valence-electron chi connectivity index (χ3n) is 2.63. The molecular formula is C10H17NO4. The molecule has 0 aromatic rings. The van der Waals surface area contributed by atoms with Crippen LogP contribution in [0.4, 0.5) is 0 Å². The number of ether oxygens (including phenoxy) is 1. The zero-order valence-electron chi connectivity index (χ0n) is 9.10. The largest absolute Gasteiger partial charge is 0.479 e. The van der Waals surface area contributed by atoms with E-state index in [2.05, 4.69) is 0 Å². The number of aliphatic carboxylic acids is 1. The third-order valence-corrected chi connectivity index (χ3v) is 2.63. The number of nitrogens with zero attached hydrogens (tertiary/aromatic N) is 1. The van der Waals surface area contributed by atoms with Crippen LogP contribution in [0.25, 0.3) is 0 Å². The molecular weight excluding hydrogens is 198 g/mol. The van der Waals surface area contributed by atoms with E-state index in [0.717, 1.165) is 12.8 Å². The van der Waals surface area contributed by atoms with Gasteiger partial charge in [0, 0.05) is 20.0 Å². The quantitative estimate of drug-likeness (QED) is 0.744. The van der Waals surface area contributed by atoms with Crippen LogP contribution in [0, 0.1) is 0 Å². The predicted molar refractivity (Wildman–Crippen MR) is 53.5 cm³/mol. The molecule has 0 radical (unpaired) electrons. The molecule has 1 atom stereocenters. The summed E-state index contributed by atoms with van der Waals surface area (Å²) in [5, 5.41) is 8.66. The fourth-order valence-electron chi connectivity index (χ4n) is 1.65. The summed E-state index contributed by atoms with van der Waals surface area (Å²) in [7, 11) is 0. The first-order valence-corrected chi connectivity index (χ1v) is 5.14. The number of carboxylic acid groups (broad SMARTS) is 1. The maximum absolute atomic E-state index is 11.0. The molecule has 0 saturated carbocycles. The number of rotatable bonds is 3. The van der Waals surface area contributed by atoms with Crippen molar-refractivity contribution in [2.24, 2.45) is 0 Å². The van der Waals surface area contributed by atoms with E-state index in [9.17, 15) is 9.59 Å². The fraction of sp³-hybridized carbons (Fsp3) is 0.800. The SMILES string of the molecule is CC(=O)N1CCC(O[C@@H](C)C(=O)O)CC1. The highest BCUT2D eigenvalue weighted by molar-refractivity contribution is 5.73. The van der Waals surface area contributed by atoms with Gasteiger partial charge in [0.15, 0.2) is 6.10 Å². The van der Waals surface area contributed by atoms with Gasteiger partial charge < -0.3 is 14.7 Å². The van der Waals surface area contributed by atoms with Crippen molar-refractivity contribution in [2.75, 3.05) is 13.1 Å². The van der Waals surface area contributed by atoms with Gasteiger partial charge >= 0.3 is 5.97 Å². The molecule has 0 unspecified atom stereocenters. The van der Waals surface area contributed by atoms with E-state index in [0.29, 0.717) is 13.1 Å². The maximum atomic E-state index is 11.0. The van der Waals surface area contributed by atoms with E-state index in [1.165, 1.54) is 6.92 Å². The maximum Gasteiger partial charge on any atom is 0.332 e. The molecule has 0 aliphatic carbocycles. The lowest BCUT2D eigenvalue weighted by molar-refractivity contribution is -0.155. The lowest BCUT2D eigenvalue weighted by atomic mass is 10.1. The van der Waals surface area contributed by atoms with Gasteiger partial charge in [0.05, 0.1) is 6.10 Å². The van der Waals surface area contributed by atoms with Crippen molar-refractivity contribution >= 4 is 11.9 Å². The Labute approximate surface area is 89.0 Å². The Balaban J connectivity index is 2.31. The van der Waals surface area contributed by atoms with Crippen molar-refractivity contribution in [1.29, 1.82) is 0 Å². The molecule has 0 aromatic heterocycles. The van der Waals surface area contributed by atoms with Crippen LogP contribution in [0.2, 0.25) is 0 Å². The fourth-order valence-corrected chi connectivity index (χ4v) is 1.65. The average molecular weight is 215 g/mol. The number of amides is 1. The van der Waals surface area contributed by atoms with Gasteiger partial charge in [-0.1, -0.05) is 0 Å². The molecule has 86 valence electrons. The summed E-state index contributed by atoms with van der Waals surface area (Å²) in [6.45, 7) is 4.39. The predicted octanol–water partition coefficient (Wildman–Crippen LogP) is 0.487. The van der Waals surface area contributed by atoms with Gasteiger partial charge in [-0.25, -0.2) is 4.79 Å². The molecule has 15 heavy (non-hydrogen) atoms. The van der Waals surface area contributed by atoms with Crippen LogP contribution < -0.4 is 0 Å². The number of carbonyl (C=O) groups is 2. The normalized spacial score (nSPS) is 20.0. The van der Waals surface area contributed by atoms with Gasteiger partial charge in [-0.15, -0.1) is 0 Å². The summed E-state index contributed by atoms with van der Waals surface area (Å²) in [6, 6.07) is 0. The van der Waals surface area contributed by atoms with Crippen LogP contribution in [0.5, 0.6) is 0 Å². The van der Waals surface area contributed by atoms with Crippen molar-refractivity contribution in [3.05, 3.63) is 0 Å². The van der Waals surface area contributed by atoms with Gasteiger partial charge in [-0.2, -0.15) is 0 Å². The molecule has 0 bridgehead atoms. The molecule has 1 N–H and O–H groups in total. The molecule has 1 amide bonds. The Bertz CT molecular complexity index is 246. The number of carbonyl (C=O) groups excluding carboxylic acids is 1. The van der Waals surface area contributed by atoms with Crippen LogP contribution >= 0.6 is 0 Å². The molecule has 0 spiro atoms. The second kappa shape index (κ2) is 5.11. The van der Waals surface area contributed by atoms with Gasteiger partial charge in [-0.05, 0) is 19.8 Å². The lowest BCUT2D eigenvalue weighted by Crippen LogP contribution is -2.41. The summed E-state index contributed by atoms with van der Waals surface area (Å²) in [5.74, 6) is -0.872. The van der Waals surface area contributed by atoms with E-state index in [1.807, 2.05) is 0 Å². The highest BCUT2D eigenvalue weighted by Gasteiger charge is 2.24. The number of hydrogen-bond acceptors (Lipinski definition) is 3. The topological polar surface area (TPSA) is 66.8 Å². The van der Waals surface area contributed by atoms with Crippen LogP contribution in [0.3, 0.4) is 0 Å². The van der Waals surface area contributed by atoms with Crippen molar-refractivity contribution < 1.29 is 19.4 Å². The van der Waals surface area contributed by atoms with Gasteiger partial charge in [0.1, 0.15) is 0 Å². The molecule has 1 saturated heterocycles. The molecule has 1 heterocycles. The lowest BCUT2D eigenvalue weighted by Gasteiger charge is -2.31. The number of piperidine rings is 1. The number of likely N-dealkylation sites (tertiary alicyclic amines) is 1. The summed E-state index contributed by atoms with van der Waals surface area (Å²) in [5.41, 5.74) is 0. The van der Waals surface area contributed by atoms with Crippen molar-refractivity contribution in [3.63, 3.8) is 0 Å². The van der Waals surface area contributed by atoms with Crippen LogP contribution in [-0.2, 0) is 14.3 Å². The highest BCUT2D eigenvalue weighted by atomic mass is 16.5. The van der Waals surface area contributed by atoms with Gasteiger partial charge in [-0.3, -0.25) is 4.79 Å². The van der Waals surface area contributed by atoms with Crippen LogP contribution in [0.1, 0.15) is 26.7 Å². The monoisotopic (exact) mass is 215 g/mol. The molecule has 0 aromatic carbocycles. The van der Waals surface area contributed by atoms with E-state index in [-0.39, 0.29) is 12.0 Å². The van der Waals surface area contributed by atoms with E-state index in [4.69, 9.17) is 9.84 Å². The van der Waals surface area contributed by atoms with E-state index < -0.39 is 12.1 Å². The third kappa shape index (κ3) is 3.51. The van der Waals surface area contributed by atoms with Gasteiger partial charge in [0.25, 0.3) is 0 Å². The summed E-state index contributed by atoms with van der Waals surface area (Å²) in [6.07, 6.45) is 0.638. The van der Waals surface area contributed by atoms with E-state index >= 15 is 0 Å². The Hall–Kier alpha value is -1.10. The Morgan fingerprint density at radius 3 is 2.33 bits per heavy atom. The Morgan fingerprint density at radius 2 is 1.93 bits per heavy atom. The number of hydrogen-bond donors (Lipinski definition) is 1. The second-order valence-corrected chi connectivity index (χ2v) is 3.82. The average Bonchev–Trinajstić information content (AvgIpc) is 2.18. The van der Waals surface area contributed by atoms with Crippen LogP contribution in [0.15, 0.2) is 0 Å². The van der Waals surface area contributed by atoms with Crippen LogP contribution in [-0.4, -0.2) is 47.2 Å². The standard InChI is InChI=1S/C10H17NO4/c1-7(10(13)14)15-9-3-5-11(6-4-9)8(2)12/h7,9H,3-6H2,1-2H3,(H,13,14)/t7-/m0/s1. The minimum atomic E-state index is -0.941. The zero-order chi connectivity index (χ0) is 11.4. The van der Waals surface area contributed by atoms with Crippen molar-refractivity contribution in [2.45, 2.75) is 38.9 Å². The minimum Gasteiger partial charge on any atom is -0.479 e. The van der Waals surface area contributed by atoms with E-state index in [1.54, 1.807) is 11.8 Å². The molecule has 5 heteroatoms. The molecule has 1 aliphatic heterocycles. The summed E-state index contributed by atoms with van der Waals surface area (Å²) >= 11 is 0. The zero-order valence-corrected chi connectivity index (χ0v) is 9.10. The van der Waals surface area contributed by atoms with Gasteiger partial charge in [0.2, 0.25) is 5.91 Å². The highest BCUT2D eigenvalue weighted by Crippen LogP contribution is 2.15. The first-order chi connectivity index (χ1) is 7.00. The molecule has 1 rings (SSSR count). The van der Waals surface area contributed by atoms with Crippen molar-refractivity contribution in [3.8, 4) is 0 Å². The first-order valence-electron chi connectivity index (χ1n) is 5.14. The molecule has 1 aliphatic rings. The summed E-state index contributed by atoms with van der Waals surface area (Å²) in [4.78, 5) is 23.3. The first kappa shape index (κ1) is 12.0. The smallest absolute Gasteiger partial charge is 0.332 e. The second-order valence-electron chi connectivity index (χ2n) is 3.82. The van der Waals surface area contributed by atoms with Crippen molar-refractivity contribution in [1.82, 2.24) is 4.90 Å². The minimum absolute atomic E-state index is 0.0355. The number of carboxylic acids is 1. The Kier molecular flexibility index (Phi) is 4.08. The molecule has 5 nitrogen and oxygen atoms in total. The summed E-state index contributed by atoms with van der Waals surface area (Å²) < 4.78 is 5.34. The Morgan fingerprint density at radius 1 is 1.40 bits per heavy atom.